The van der Waals surface area contributed by atoms with E-state index in [1.165, 1.54) is 23.5 Å². The molecule has 94 valence electrons. The monoisotopic (exact) mass is 265 g/mol. The van der Waals surface area contributed by atoms with Gasteiger partial charge in [0, 0.05) is 10.4 Å². The molecule has 1 aromatic carbocycles. The second kappa shape index (κ2) is 4.86. The number of hydrogen-bond acceptors (Lipinski definition) is 3. The van der Waals surface area contributed by atoms with Crippen LogP contribution < -0.4 is 0 Å². The zero-order valence-corrected chi connectivity index (χ0v) is 10.8. The van der Waals surface area contributed by atoms with Gasteiger partial charge in [-0.1, -0.05) is 0 Å². The first-order chi connectivity index (χ1) is 8.45. The summed E-state index contributed by atoms with van der Waals surface area (Å²) in [5.74, 6) is -1.19. The standard InChI is InChI=1S/C13H12FNO2S/c1-7-3-9(5-10(14)4-7)13-15-8(2)11(18-13)6-12(16)17/h3-5H,6H2,1-2H3,(H,16,17). The highest BCUT2D eigenvalue weighted by atomic mass is 32.1. The average Bonchev–Trinajstić information content (AvgIpc) is 2.58. The van der Waals surface area contributed by atoms with Gasteiger partial charge in [0.2, 0.25) is 0 Å². The second-order valence-corrected chi connectivity index (χ2v) is 5.20. The predicted molar refractivity (Wildman–Crippen MR) is 68.3 cm³/mol. The van der Waals surface area contributed by atoms with E-state index in [1.54, 1.807) is 6.92 Å². The first-order valence-electron chi connectivity index (χ1n) is 5.41. The quantitative estimate of drug-likeness (QED) is 0.927. The number of halogens is 1. The highest BCUT2D eigenvalue weighted by Gasteiger charge is 2.13. The summed E-state index contributed by atoms with van der Waals surface area (Å²) in [5, 5.41) is 9.44. The number of aliphatic carboxylic acids is 1. The SMILES string of the molecule is Cc1cc(F)cc(-c2nc(C)c(CC(=O)O)s2)c1. The summed E-state index contributed by atoms with van der Waals surface area (Å²) in [6.07, 6.45) is -0.0439. The second-order valence-electron chi connectivity index (χ2n) is 4.12. The maximum absolute atomic E-state index is 13.3. The number of rotatable bonds is 3. The fourth-order valence-corrected chi connectivity index (χ4v) is 2.75. The molecule has 0 bridgehead atoms. The van der Waals surface area contributed by atoms with Crippen molar-refractivity contribution < 1.29 is 14.3 Å². The lowest BCUT2D eigenvalue weighted by Gasteiger charge is -1.99. The molecule has 2 aromatic rings. The fraction of sp³-hybridized carbons (Fsp3) is 0.231. The van der Waals surface area contributed by atoms with Crippen LogP contribution in [-0.2, 0) is 11.2 Å². The van der Waals surface area contributed by atoms with Crippen molar-refractivity contribution in [1.29, 1.82) is 0 Å². The molecule has 2 rings (SSSR count). The number of nitrogens with zero attached hydrogens (tertiary/aromatic N) is 1. The van der Waals surface area contributed by atoms with Gasteiger partial charge >= 0.3 is 5.97 Å². The number of aryl methyl sites for hydroxylation is 2. The van der Waals surface area contributed by atoms with Crippen LogP contribution in [0.1, 0.15) is 16.1 Å². The zero-order valence-electron chi connectivity index (χ0n) is 10.0. The molecule has 0 aliphatic rings. The molecule has 1 N–H and O–H groups in total. The van der Waals surface area contributed by atoms with E-state index in [0.717, 1.165) is 5.56 Å². The normalized spacial score (nSPS) is 10.6. The lowest BCUT2D eigenvalue weighted by molar-refractivity contribution is -0.136. The molecule has 5 heteroatoms. The summed E-state index contributed by atoms with van der Waals surface area (Å²) in [7, 11) is 0. The van der Waals surface area contributed by atoms with E-state index >= 15 is 0 Å². The predicted octanol–water partition coefficient (Wildman–Crippen LogP) is 3.19. The number of benzene rings is 1. The van der Waals surface area contributed by atoms with Crippen molar-refractivity contribution in [2.45, 2.75) is 20.3 Å². The summed E-state index contributed by atoms with van der Waals surface area (Å²) < 4.78 is 13.3. The Hall–Kier alpha value is -1.75. The minimum absolute atomic E-state index is 0.0439. The van der Waals surface area contributed by atoms with Crippen LogP contribution in [0.2, 0.25) is 0 Å². The van der Waals surface area contributed by atoms with Crippen molar-refractivity contribution in [3.05, 3.63) is 40.2 Å². The number of carboxylic acid groups (broad SMARTS) is 1. The van der Waals surface area contributed by atoms with E-state index in [0.29, 0.717) is 21.1 Å². The Kier molecular flexibility index (Phi) is 3.43. The summed E-state index contributed by atoms with van der Waals surface area (Å²) in [5.41, 5.74) is 2.20. The molecule has 0 saturated heterocycles. The molecule has 0 radical (unpaired) electrons. The Balaban J connectivity index is 2.42. The van der Waals surface area contributed by atoms with Crippen molar-refractivity contribution in [3.8, 4) is 10.6 Å². The number of aromatic nitrogens is 1. The molecular formula is C13H12FNO2S. The van der Waals surface area contributed by atoms with Gasteiger partial charge in [-0.25, -0.2) is 9.37 Å². The smallest absolute Gasteiger partial charge is 0.308 e. The summed E-state index contributed by atoms with van der Waals surface area (Å²) in [6.45, 7) is 3.58. The summed E-state index contributed by atoms with van der Waals surface area (Å²) in [4.78, 5) is 15.7. The minimum atomic E-state index is -0.885. The Bertz CT molecular complexity index is 587. The van der Waals surface area contributed by atoms with Gasteiger partial charge in [-0.05, 0) is 37.6 Å². The van der Waals surface area contributed by atoms with E-state index in [1.807, 2.05) is 13.0 Å². The lowest BCUT2D eigenvalue weighted by atomic mass is 10.1. The van der Waals surface area contributed by atoms with Crippen LogP contribution in [-0.4, -0.2) is 16.1 Å². The highest BCUT2D eigenvalue weighted by Crippen LogP contribution is 2.29. The maximum atomic E-state index is 13.3. The lowest BCUT2D eigenvalue weighted by Crippen LogP contribution is -1.99. The van der Waals surface area contributed by atoms with Gasteiger partial charge in [0.1, 0.15) is 10.8 Å². The number of carboxylic acids is 1. The van der Waals surface area contributed by atoms with Crippen molar-refractivity contribution in [2.24, 2.45) is 0 Å². The largest absolute Gasteiger partial charge is 0.481 e. The van der Waals surface area contributed by atoms with Gasteiger partial charge < -0.3 is 5.11 Å². The van der Waals surface area contributed by atoms with Crippen LogP contribution in [0.3, 0.4) is 0 Å². The van der Waals surface area contributed by atoms with Crippen LogP contribution in [0, 0.1) is 19.7 Å². The highest BCUT2D eigenvalue weighted by molar-refractivity contribution is 7.15. The van der Waals surface area contributed by atoms with Crippen molar-refractivity contribution >= 4 is 17.3 Å². The summed E-state index contributed by atoms with van der Waals surface area (Å²) in [6, 6.07) is 4.70. The third kappa shape index (κ3) is 2.73. The van der Waals surface area contributed by atoms with Crippen LogP contribution >= 0.6 is 11.3 Å². The molecule has 0 saturated carbocycles. The number of carbonyl (C=O) groups is 1. The number of thiazole rings is 1. The average molecular weight is 265 g/mol. The molecule has 0 aliphatic heterocycles. The molecule has 0 unspecified atom stereocenters. The van der Waals surface area contributed by atoms with E-state index in [9.17, 15) is 9.18 Å². The van der Waals surface area contributed by atoms with Gasteiger partial charge in [-0.2, -0.15) is 0 Å². The maximum Gasteiger partial charge on any atom is 0.308 e. The van der Waals surface area contributed by atoms with E-state index in [2.05, 4.69) is 4.98 Å². The number of hydrogen-bond donors (Lipinski definition) is 1. The van der Waals surface area contributed by atoms with Crippen molar-refractivity contribution in [1.82, 2.24) is 4.98 Å². The molecule has 18 heavy (non-hydrogen) atoms. The molecule has 0 spiro atoms. The van der Waals surface area contributed by atoms with Gasteiger partial charge in [0.15, 0.2) is 0 Å². The molecule has 1 aromatic heterocycles. The third-order valence-corrected chi connectivity index (χ3v) is 3.70. The Labute approximate surface area is 108 Å². The Morgan fingerprint density at radius 3 is 2.72 bits per heavy atom. The van der Waals surface area contributed by atoms with Crippen molar-refractivity contribution in [3.63, 3.8) is 0 Å². The van der Waals surface area contributed by atoms with Crippen LogP contribution in [0.25, 0.3) is 10.6 Å². The molecule has 0 amide bonds. The van der Waals surface area contributed by atoms with Crippen LogP contribution in [0.15, 0.2) is 18.2 Å². The van der Waals surface area contributed by atoms with Crippen LogP contribution in [0.4, 0.5) is 4.39 Å². The van der Waals surface area contributed by atoms with Gasteiger partial charge in [0.05, 0.1) is 12.1 Å². The van der Waals surface area contributed by atoms with Gasteiger partial charge in [-0.3, -0.25) is 4.79 Å². The Morgan fingerprint density at radius 1 is 1.39 bits per heavy atom. The summed E-state index contributed by atoms with van der Waals surface area (Å²) >= 11 is 1.30. The van der Waals surface area contributed by atoms with Gasteiger partial charge in [0.25, 0.3) is 0 Å². The fourth-order valence-electron chi connectivity index (χ4n) is 1.71. The molecule has 0 fully saturated rings. The molecule has 1 heterocycles. The van der Waals surface area contributed by atoms with E-state index in [-0.39, 0.29) is 12.2 Å². The zero-order chi connectivity index (χ0) is 13.3. The van der Waals surface area contributed by atoms with Gasteiger partial charge in [-0.15, -0.1) is 11.3 Å². The molecule has 3 nitrogen and oxygen atoms in total. The first-order valence-corrected chi connectivity index (χ1v) is 6.23. The Morgan fingerprint density at radius 2 is 2.11 bits per heavy atom. The van der Waals surface area contributed by atoms with E-state index in [4.69, 9.17) is 5.11 Å². The van der Waals surface area contributed by atoms with Crippen molar-refractivity contribution in [2.75, 3.05) is 0 Å². The topological polar surface area (TPSA) is 50.2 Å². The molecule has 0 aliphatic carbocycles. The molecule has 0 atom stereocenters. The van der Waals surface area contributed by atoms with E-state index < -0.39 is 5.97 Å². The molecular weight excluding hydrogens is 253 g/mol. The minimum Gasteiger partial charge on any atom is -0.481 e. The third-order valence-electron chi connectivity index (χ3n) is 2.49. The van der Waals surface area contributed by atoms with Crippen LogP contribution in [0.5, 0.6) is 0 Å². The first kappa shape index (κ1) is 12.7.